The van der Waals surface area contributed by atoms with Crippen LogP contribution in [0, 0.1) is 5.92 Å². The molecule has 0 radical (unpaired) electrons. The molecule has 0 aliphatic carbocycles. The van der Waals surface area contributed by atoms with Gasteiger partial charge >= 0.3 is 0 Å². The number of carbonyl (C=O) groups is 1. The molecule has 1 amide bonds. The van der Waals surface area contributed by atoms with Gasteiger partial charge in [-0.25, -0.2) is 13.6 Å². The van der Waals surface area contributed by atoms with E-state index in [0.29, 0.717) is 13.1 Å². The fraction of sp³-hybridized carbons (Fsp3) is 0.562. The predicted molar refractivity (Wildman–Crippen MR) is 86.6 cm³/mol. The van der Waals surface area contributed by atoms with Gasteiger partial charge in [0.25, 0.3) is 0 Å². The van der Waals surface area contributed by atoms with Crippen molar-refractivity contribution < 1.29 is 13.2 Å². The van der Waals surface area contributed by atoms with E-state index in [-0.39, 0.29) is 29.4 Å². The fourth-order valence-electron chi connectivity index (χ4n) is 2.78. The van der Waals surface area contributed by atoms with Gasteiger partial charge in [0.1, 0.15) is 0 Å². The minimum Gasteiger partial charge on any atom is -0.338 e. The van der Waals surface area contributed by atoms with Crippen LogP contribution in [-0.4, -0.2) is 31.5 Å². The number of amides is 1. The third-order valence-electron chi connectivity index (χ3n) is 3.96. The van der Waals surface area contributed by atoms with E-state index in [9.17, 15) is 13.2 Å². The molecule has 1 aromatic carbocycles. The zero-order valence-electron chi connectivity index (χ0n) is 13.4. The Morgan fingerprint density at radius 3 is 2.32 bits per heavy atom. The molecule has 5 nitrogen and oxygen atoms in total. The van der Waals surface area contributed by atoms with Gasteiger partial charge in [-0.15, -0.1) is 0 Å². The maximum atomic E-state index is 12.0. The first-order valence-corrected chi connectivity index (χ1v) is 9.14. The van der Waals surface area contributed by atoms with Crippen LogP contribution in [0.25, 0.3) is 0 Å². The van der Waals surface area contributed by atoms with E-state index in [1.54, 1.807) is 4.90 Å². The van der Waals surface area contributed by atoms with Gasteiger partial charge in [-0.3, -0.25) is 4.79 Å². The van der Waals surface area contributed by atoms with Crippen LogP contribution in [0.3, 0.4) is 0 Å². The molecule has 1 aliphatic rings. The Labute approximate surface area is 132 Å². The van der Waals surface area contributed by atoms with Gasteiger partial charge in [0.2, 0.25) is 15.9 Å². The van der Waals surface area contributed by atoms with E-state index in [4.69, 9.17) is 5.14 Å². The standard InChI is InChI=1S/C16H24N2O3S/c1-16(2,3)14-6-4-12(5-7-14)9-18-10-13(8-15(18)19)11-22(17,20)21/h4-7,13H,8-11H2,1-3H3,(H2,17,20,21). The summed E-state index contributed by atoms with van der Waals surface area (Å²) in [6.45, 7) is 7.44. The minimum absolute atomic E-state index is 0.00597. The van der Waals surface area contributed by atoms with Crippen molar-refractivity contribution in [2.24, 2.45) is 11.1 Å². The van der Waals surface area contributed by atoms with Crippen molar-refractivity contribution in [3.8, 4) is 0 Å². The Morgan fingerprint density at radius 2 is 1.82 bits per heavy atom. The number of nitrogens with zero attached hydrogens (tertiary/aromatic N) is 1. The average Bonchev–Trinajstić information content (AvgIpc) is 2.66. The first-order valence-electron chi connectivity index (χ1n) is 7.42. The maximum Gasteiger partial charge on any atom is 0.223 e. The summed E-state index contributed by atoms with van der Waals surface area (Å²) in [5.41, 5.74) is 2.40. The lowest BCUT2D eigenvalue weighted by Gasteiger charge is -2.20. The second-order valence-corrected chi connectivity index (χ2v) is 8.78. The van der Waals surface area contributed by atoms with Crippen LogP contribution in [0.4, 0.5) is 0 Å². The second kappa shape index (κ2) is 6.01. The Hall–Kier alpha value is -1.40. The summed E-state index contributed by atoms with van der Waals surface area (Å²) in [4.78, 5) is 13.7. The van der Waals surface area contributed by atoms with Crippen LogP contribution >= 0.6 is 0 Å². The van der Waals surface area contributed by atoms with E-state index in [0.717, 1.165) is 5.56 Å². The van der Waals surface area contributed by atoms with Crippen molar-refractivity contribution in [3.05, 3.63) is 35.4 Å². The first kappa shape index (κ1) is 17.0. The normalized spacial score (nSPS) is 19.7. The summed E-state index contributed by atoms with van der Waals surface area (Å²) in [6.07, 6.45) is 0.260. The average molecular weight is 324 g/mol. The summed E-state index contributed by atoms with van der Waals surface area (Å²) in [7, 11) is -3.53. The number of carbonyl (C=O) groups excluding carboxylic acids is 1. The van der Waals surface area contributed by atoms with Gasteiger partial charge in [-0.1, -0.05) is 45.0 Å². The zero-order chi connectivity index (χ0) is 16.5. The van der Waals surface area contributed by atoms with E-state index in [1.165, 1.54) is 5.56 Å². The number of hydrogen-bond acceptors (Lipinski definition) is 3. The molecule has 6 heteroatoms. The highest BCUT2D eigenvalue weighted by Crippen LogP contribution is 2.24. The van der Waals surface area contributed by atoms with Crippen LogP contribution in [-0.2, 0) is 26.8 Å². The van der Waals surface area contributed by atoms with Gasteiger partial charge in [-0.2, -0.15) is 0 Å². The van der Waals surface area contributed by atoms with Crippen molar-refractivity contribution >= 4 is 15.9 Å². The summed E-state index contributed by atoms with van der Waals surface area (Å²) < 4.78 is 22.3. The van der Waals surface area contributed by atoms with Crippen molar-refractivity contribution in [2.45, 2.75) is 39.2 Å². The molecule has 2 rings (SSSR count). The van der Waals surface area contributed by atoms with Crippen molar-refractivity contribution in [1.82, 2.24) is 4.90 Å². The van der Waals surface area contributed by atoms with E-state index < -0.39 is 10.0 Å². The smallest absolute Gasteiger partial charge is 0.223 e. The van der Waals surface area contributed by atoms with Gasteiger partial charge < -0.3 is 4.90 Å². The predicted octanol–water partition coefficient (Wildman–Crippen LogP) is 1.62. The van der Waals surface area contributed by atoms with Crippen LogP contribution in [0.1, 0.15) is 38.3 Å². The molecule has 22 heavy (non-hydrogen) atoms. The summed E-state index contributed by atoms with van der Waals surface area (Å²) in [6, 6.07) is 8.22. The third-order valence-corrected chi connectivity index (χ3v) is 4.89. The van der Waals surface area contributed by atoms with E-state index in [1.807, 2.05) is 12.1 Å². The van der Waals surface area contributed by atoms with Crippen LogP contribution in [0.2, 0.25) is 0 Å². The fourth-order valence-corrected chi connectivity index (χ4v) is 3.66. The lowest BCUT2D eigenvalue weighted by molar-refractivity contribution is -0.128. The van der Waals surface area contributed by atoms with Gasteiger partial charge in [-0.05, 0) is 16.5 Å². The molecule has 0 bridgehead atoms. The summed E-state index contributed by atoms with van der Waals surface area (Å²) >= 11 is 0. The number of nitrogens with two attached hydrogens (primary N) is 1. The first-order chi connectivity index (χ1) is 10.0. The lowest BCUT2D eigenvalue weighted by atomic mass is 9.87. The van der Waals surface area contributed by atoms with Crippen LogP contribution < -0.4 is 5.14 Å². The Bertz CT molecular complexity index is 645. The number of sulfonamides is 1. The molecule has 1 saturated heterocycles. The Balaban J connectivity index is 2.01. The molecule has 1 fully saturated rings. The van der Waals surface area contributed by atoms with Gasteiger partial charge in [0, 0.05) is 25.4 Å². The molecule has 0 saturated carbocycles. The molecule has 0 spiro atoms. The number of primary sulfonamides is 1. The molecule has 1 aliphatic heterocycles. The molecule has 1 aromatic rings. The SMILES string of the molecule is CC(C)(C)c1ccc(CN2CC(CS(N)(=O)=O)CC2=O)cc1. The topological polar surface area (TPSA) is 80.5 Å². The number of hydrogen-bond donors (Lipinski definition) is 1. The summed E-state index contributed by atoms with van der Waals surface area (Å²) in [5.74, 6) is -0.331. The second-order valence-electron chi connectivity index (χ2n) is 7.12. The Morgan fingerprint density at radius 1 is 1.23 bits per heavy atom. The molecule has 1 heterocycles. The van der Waals surface area contributed by atoms with Crippen molar-refractivity contribution in [2.75, 3.05) is 12.3 Å². The van der Waals surface area contributed by atoms with E-state index >= 15 is 0 Å². The lowest BCUT2D eigenvalue weighted by Crippen LogP contribution is -2.27. The molecular formula is C16H24N2O3S. The quantitative estimate of drug-likeness (QED) is 0.914. The van der Waals surface area contributed by atoms with Gasteiger partial charge in [0.05, 0.1) is 5.75 Å². The monoisotopic (exact) mass is 324 g/mol. The van der Waals surface area contributed by atoms with Crippen molar-refractivity contribution in [3.63, 3.8) is 0 Å². The molecule has 1 atom stereocenters. The molecule has 122 valence electrons. The molecule has 0 aromatic heterocycles. The van der Waals surface area contributed by atoms with Gasteiger partial charge in [0.15, 0.2) is 0 Å². The molecule has 2 N–H and O–H groups in total. The summed E-state index contributed by atoms with van der Waals surface area (Å²) in [5, 5.41) is 5.06. The van der Waals surface area contributed by atoms with Crippen LogP contribution in [0.5, 0.6) is 0 Å². The Kier molecular flexibility index (Phi) is 4.63. The maximum absolute atomic E-state index is 12.0. The zero-order valence-corrected chi connectivity index (χ0v) is 14.2. The van der Waals surface area contributed by atoms with E-state index in [2.05, 4.69) is 32.9 Å². The third kappa shape index (κ3) is 4.55. The number of likely N-dealkylation sites (tertiary alicyclic amines) is 1. The highest BCUT2D eigenvalue weighted by molar-refractivity contribution is 7.89. The van der Waals surface area contributed by atoms with Crippen LogP contribution in [0.15, 0.2) is 24.3 Å². The molecule has 1 unspecified atom stereocenters. The molecular weight excluding hydrogens is 300 g/mol. The largest absolute Gasteiger partial charge is 0.338 e. The minimum atomic E-state index is -3.53. The number of benzene rings is 1. The number of rotatable bonds is 4. The van der Waals surface area contributed by atoms with Crippen molar-refractivity contribution in [1.29, 1.82) is 0 Å². The highest BCUT2D eigenvalue weighted by atomic mass is 32.2. The highest BCUT2D eigenvalue weighted by Gasteiger charge is 2.31.